The number of para-hydroxylation sites is 1. The summed E-state index contributed by atoms with van der Waals surface area (Å²) in [4.78, 5) is 5.89. The van der Waals surface area contributed by atoms with Gasteiger partial charge in [0.15, 0.2) is 0 Å². The second kappa shape index (κ2) is 7.57. The Kier molecular flexibility index (Phi) is 5.76. The molecule has 0 aliphatic carbocycles. The molecule has 1 atom stereocenters. The van der Waals surface area contributed by atoms with Gasteiger partial charge >= 0.3 is 0 Å². The fraction of sp³-hybridized carbons (Fsp3) is 0.471. The van der Waals surface area contributed by atoms with Crippen LogP contribution in [0.4, 0.5) is 0 Å². The fourth-order valence-electron chi connectivity index (χ4n) is 2.32. The third-order valence-electron chi connectivity index (χ3n) is 3.45. The number of benzene rings is 1. The minimum atomic E-state index is 0.0629. The zero-order valence-corrected chi connectivity index (χ0v) is 13.9. The van der Waals surface area contributed by atoms with Crippen LogP contribution >= 0.6 is 11.3 Å². The lowest BCUT2D eigenvalue weighted by Gasteiger charge is -2.09. The lowest BCUT2D eigenvalue weighted by molar-refractivity contribution is 0.318. The maximum atomic E-state index is 6.00. The van der Waals surface area contributed by atoms with Crippen LogP contribution in [0.15, 0.2) is 24.3 Å². The first-order valence-electron chi connectivity index (χ1n) is 7.60. The summed E-state index contributed by atoms with van der Waals surface area (Å²) >= 11 is 1.72. The van der Waals surface area contributed by atoms with Crippen LogP contribution in [-0.4, -0.2) is 11.6 Å². The summed E-state index contributed by atoms with van der Waals surface area (Å²) in [5.41, 5.74) is 8.39. The normalized spacial score (nSPS) is 12.4. The van der Waals surface area contributed by atoms with E-state index >= 15 is 0 Å². The predicted molar refractivity (Wildman–Crippen MR) is 89.1 cm³/mol. The van der Waals surface area contributed by atoms with E-state index in [4.69, 9.17) is 10.5 Å². The zero-order valence-electron chi connectivity index (χ0n) is 13.1. The minimum absolute atomic E-state index is 0.0629. The molecule has 1 heterocycles. The van der Waals surface area contributed by atoms with E-state index in [1.54, 1.807) is 11.3 Å². The lowest BCUT2D eigenvalue weighted by Crippen LogP contribution is -2.05. The maximum Gasteiger partial charge on any atom is 0.122 e. The van der Waals surface area contributed by atoms with Gasteiger partial charge in [-0.15, -0.1) is 11.3 Å². The molecule has 0 saturated carbocycles. The minimum Gasteiger partial charge on any atom is -0.493 e. The largest absolute Gasteiger partial charge is 0.493 e. The van der Waals surface area contributed by atoms with Crippen molar-refractivity contribution in [3.05, 3.63) is 45.4 Å². The summed E-state index contributed by atoms with van der Waals surface area (Å²) in [6.45, 7) is 6.95. The Balaban J connectivity index is 1.97. The highest BCUT2D eigenvalue weighted by atomic mass is 32.1. The Hall–Kier alpha value is -1.39. The highest BCUT2D eigenvalue weighted by Crippen LogP contribution is 2.25. The number of hydrogen-bond donors (Lipinski definition) is 1. The van der Waals surface area contributed by atoms with Gasteiger partial charge in [0.1, 0.15) is 5.75 Å². The molecule has 0 spiro atoms. The van der Waals surface area contributed by atoms with E-state index in [2.05, 4.69) is 31.0 Å². The molecule has 114 valence electrons. The van der Waals surface area contributed by atoms with E-state index in [9.17, 15) is 0 Å². The van der Waals surface area contributed by atoms with Crippen LogP contribution in [0.1, 0.15) is 48.0 Å². The Morgan fingerprint density at radius 1 is 1.24 bits per heavy atom. The molecule has 0 aliphatic heterocycles. The second-order valence-corrected chi connectivity index (χ2v) is 6.24. The number of aryl methyl sites for hydroxylation is 2. The molecule has 2 N–H and O–H groups in total. The zero-order chi connectivity index (χ0) is 15.2. The van der Waals surface area contributed by atoms with Gasteiger partial charge in [-0.05, 0) is 31.4 Å². The van der Waals surface area contributed by atoms with Crippen molar-refractivity contribution in [1.82, 2.24) is 4.98 Å². The molecule has 1 unspecified atom stereocenters. The molecule has 0 radical (unpaired) electrons. The number of aromatic nitrogens is 1. The number of rotatable bonds is 7. The Bertz CT molecular complexity index is 578. The number of nitrogens with two attached hydrogens (primary N) is 1. The Morgan fingerprint density at radius 3 is 2.62 bits per heavy atom. The monoisotopic (exact) mass is 304 g/mol. The summed E-state index contributed by atoms with van der Waals surface area (Å²) in [6, 6.07) is 8.28. The molecule has 2 rings (SSSR count). The molecule has 2 aromatic rings. The molecule has 3 nitrogen and oxygen atoms in total. The summed E-state index contributed by atoms with van der Waals surface area (Å²) in [5, 5.41) is 1.12. The van der Waals surface area contributed by atoms with Crippen LogP contribution in [0.3, 0.4) is 0 Å². The molecule has 1 aromatic heterocycles. The number of thiazole rings is 1. The van der Waals surface area contributed by atoms with E-state index in [1.165, 1.54) is 10.4 Å². The van der Waals surface area contributed by atoms with Crippen LogP contribution in [0.25, 0.3) is 0 Å². The molecule has 0 bridgehead atoms. The standard InChI is InChI=1S/C17H24N2OS/c1-4-13-8-6-7-9-15(13)20-11-10-16-19-14(5-2)17(21-16)12(3)18/h6-9,12H,4-5,10-11,18H2,1-3H3. The molecule has 0 aliphatic rings. The number of hydrogen-bond acceptors (Lipinski definition) is 4. The van der Waals surface area contributed by atoms with Crippen molar-refractivity contribution < 1.29 is 4.74 Å². The SMILES string of the molecule is CCc1ccccc1OCCc1nc(CC)c(C(C)N)s1. The van der Waals surface area contributed by atoms with Gasteiger partial charge in [-0.2, -0.15) is 0 Å². The van der Waals surface area contributed by atoms with Crippen LogP contribution < -0.4 is 10.5 Å². The average molecular weight is 304 g/mol. The second-order valence-electron chi connectivity index (χ2n) is 5.12. The molecule has 21 heavy (non-hydrogen) atoms. The fourth-order valence-corrected chi connectivity index (χ4v) is 3.40. The van der Waals surface area contributed by atoms with Gasteiger partial charge in [0.2, 0.25) is 0 Å². The third kappa shape index (κ3) is 4.05. The van der Waals surface area contributed by atoms with Crippen molar-refractivity contribution in [3.63, 3.8) is 0 Å². The van der Waals surface area contributed by atoms with E-state index in [0.29, 0.717) is 6.61 Å². The summed E-state index contributed by atoms with van der Waals surface area (Å²) < 4.78 is 5.91. The quantitative estimate of drug-likeness (QED) is 0.843. The molecule has 1 aromatic carbocycles. The van der Waals surface area contributed by atoms with Crippen LogP contribution in [0.2, 0.25) is 0 Å². The first-order chi connectivity index (χ1) is 10.2. The van der Waals surface area contributed by atoms with Gasteiger partial charge in [-0.25, -0.2) is 4.98 Å². The van der Waals surface area contributed by atoms with Crippen molar-refractivity contribution in [2.24, 2.45) is 5.73 Å². The van der Waals surface area contributed by atoms with Crippen LogP contribution in [0.5, 0.6) is 5.75 Å². The van der Waals surface area contributed by atoms with Gasteiger partial charge in [-0.3, -0.25) is 0 Å². The topological polar surface area (TPSA) is 48.1 Å². The van der Waals surface area contributed by atoms with Crippen molar-refractivity contribution in [2.45, 2.75) is 46.1 Å². The molecule has 0 saturated heterocycles. The maximum absolute atomic E-state index is 6.00. The highest BCUT2D eigenvalue weighted by Gasteiger charge is 2.13. The van der Waals surface area contributed by atoms with E-state index in [1.807, 2.05) is 19.1 Å². The van der Waals surface area contributed by atoms with E-state index in [0.717, 1.165) is 35.7 Å². The summed E-state index contributed by atoms with van der Waals surface area (Å²) in [5.74, 6) is 0.986. The van der Waals surface area contributed by atoms with Gasteiger partial charge in [-0.1, -0.05) is 32.0 Å². The van der Waals surface area contributed by atoms with Crippen molar-refractivity contribution in [3.8, 4) is 5.75 Å². The summed E-state index contributed by atoms with van der Waals surface area (Å²) in [6.07, 6.45) is 2.76. The predicted octanol–water partition coefficient (Wildman–Crippen LogP) is 3.91. The summed E-state index contributed by atoms with van der Waals surface area (Å²) in [7, 11) is 0. The Labute approximate surface area is 131 Å². The van der Waals surface area contributed by atoms with Crippen LogP contribution in [0, 0.1) is 0 Å². The van der Waals surface area contributed by atoms with E-state index in [-0.39, 0.29) is 6.04 Å². The van der Waals surface area contributed by atoms with Gasteiger partial charge in [0, 0.05) is 17.3 Å². The average Bonchev–Trinajstić information content (AvgIpc) is 2.91. The molecular weight excluding hydrogens is 280 g/mol. The number of nitrogens with zero attached hydrogens (tertiary/aromatic N) is 1. The van der Waals surface area contributed by atoms with Crippen molar-refractivity contribution in [2.75, 3.05) is 6.61 Å². The lowest BCUT2D eigenvalue weighted by atomic mass is 10.1. The molecule has 4 heteroatoms. The molecular formula is C17H24N2OS. The van der Waals surface area contributed by atoms with Gasteiger partial charge < -0.3 is 10.5 Å². The molecule has 0 amide bonds. The highest BCUT2D eigenvalue weighted by molar-refractivity contribution is 7.11. The smallest absolute Gasteiger partial charge is 0.122 e. The van der Waals surface area contributed by atoms with Crippen molar-refractivity contribution >= 4 is 11.3 Å². The van der Waals surface area contributed by atoms with E-state index < -0.39 is 0 Å². The third-order valence-corrected chi connectivity index (χ3v) is 4.81. The number of ether oxygens (including phenoxy) is 1. The Morgan fingerprint density at radius 2 is 2.00 bits per heavy atom. The van der Waals surface area contributed by atoms with Gasteiger partial charge in [0.25, 0.3) is 0 Å². The van der Waals surface area contributed by atoms with Crippen LogP contribution in [-0.2, 0) is 19.3 Å². The molecule has 0 fully saturated rings. The van der Waals surface area contributed by atoms with Crippen molar-refractivity contribution in [1.29, 1.82) is 0 Å². The first kappa shape index (κ1) is 16.0. The van der Waals surface area contributed by atoms with Gasteiger partial charge in [0.05, 0.1) is 17.3 Å². The first-order valence-corrected chi connectivity index (χ1v) is 8.42.